The van der Waals surface area contributed by atoms with Gasteiger partial charge in [0.05, 0.1) is 9.78 Å². The zero-order valence-corrected chi connectivity index (χ0v) is 18.1. The van der Waals surface area contributed by atoms with Gasteiger partial charge >= 0.3 is 18.1 Å². The van der Waals surface area contributed by atoms with Crippen molar-refractivity contribution in [2.45, 2.75) is 24.8 Å². The van der Waals surface area contributed by atoms with Gasteiger partial charge in [-0.25, -0.2) is 5.43 Å². The van der Waals surface area contributed by atoms with E-state index in [1.165, 1.54) is 24.3 Å². The van der Waals surface area contributed by atoms with E-state index in [2.05, 4.69) is 5.10 Å². The van der Waals surface area contributed by atoms with Gasteiger partial charge in [-0.1, -0.05) is 29.3 Å². The zero-order chi connectivity index (χ0) is 22.7. The standard InChI is InChI=1S/C17H10Cl2F7IN2O/c18-11-3-2-10(12(19)6-11)8-30-14-4-1-9(5-13(14)27)7-28-29-17(25,26)15(20,21)16(22,23)24/h1-7,29H,8H2/b28-7+. The van der Waals surface area contributed by atoms with E-state index in [0.717, 1.165) is 0 Å². The Morgan fingerprint density at radius 1 is 1.00 bits per heavy atom. The highest BCUT2D eigenvalue weighted by molar-refractivity contribution is 14.1. The second kappa shape index (κ2) is 9.35. The lowest BCUT2D eigenvalue weighted by molar-refractivity contribution is -0.361. The molecule has 0 bridgehead atoms. The average Bonchev–Trinajstić information content (AvgIpc) is 2.61. The summed E-state index contributed by atoms with van der Waals surface area (Å²) in [5.41, 5.74) is 1.35. The first-order valence-corrected chi connectivity index (χ1v) is 9.57. The van der Waals surface area contributed by atoms with Crippen molar-refractivity contribution in [3.63, 3.8) is 0 Å². The first-order valence-electron chi connectivity index (χ1n) is 7.73. The van der Waals surface area contributed by atoms with Crippen molar-refractivity contribution in [1.29, 1.82) is 0 Å². The minimum absolute atomic E-state index is 0.0970. The van der Waals surface area contributed by atoms with E-state index < -0.39 is 18.1 Å². The monoisotopic (exact) mass is 588 g/mol. The number of nitrogens with zero attached hydrogens (tertiary/aromatic N) is 1. The fourth-order valence-corrected chi connectivity index (χ4v) is 3.10. The highest BCUT2D eigenvalue weighted by Crippen LogP contribution is 2.45. The number of hydrazone groups is 1. The van der Waals surface area contributed by atoms with Gasteiger partial charge in [-0.05, 0) is 58.5 Å². The Morgan fingerprint density at radius 2 is 1.67 bits per heavy atom. The number of nitrogens with one attached hydrogen (secondary N) is 1. The summed E-state index contributed by atoms with van der Waals surface area (Å²) in [6.45, 7) is 0.0970. The smallest absolute Gasteiger partial charge is 0.462 e. The van der Waals surface area contributed by atoms with E-state index in [4.69, 9.17) is 27.9 Å². The lowest BCUT2D eigenvalue weighted by atomic mass is 10.2. The molecule has 2 rings (SSSR count). The molecule has 0 saturated heterocycles. The topological polar surface area (TPSA) is 33.6 Å². The van der Waals surface area contributed by atoms with Crippen LogP contribution in [-0.2, 0) is 6.61 Å². The van der Waals surface area contributed by atoms with Crippen LogP contribution < -0.4 is 10.2 Å². The van der Waals surface area contributed by atoms with Gasteiger partial charge < -0.3 is 4.74 Å². The van der Waals surface area contributed by atoms with Crippen molar-refractivity contribution in [3.05, 3.63) is 61.1 Å². The van der Waals surface area contributed by atoms with Crippen LogP contribution in [0.5, 0.6) is 5.75 Å². The number of halogens is 10. The van der Waals surface area contributed by atoms with Crippen molar-refractivity contribution >= 4 is 52.0 Å². The van der Waals surface area contributed by atoms with Gasteiger partial charge in [-0.2, -0.15) is 35.8 Å². The Bertz CT molecular complexity index is 939. The zero-order valence-electron chi connectivity index (χ0n) is 14.4. The Kier molecular flexibility index (Phi) is 7.73. The second-order valence-electron chi connectivity index (χ2n) is 5.73. The SMILES string of the molecule is FC(F)(F)C(F)(F)C(F)(F)N/N=C/c1ccc(OCc2ccc(Cl)cc2Cl)c(I)c1. The van der Waals surface area contributed by atoms with Crippen molar-refractivity contribution < 1.29 is 35.5 Å². The molecule has 164 valence electrons. The lowest BCUT2D eigenvalue weighted by Crippen LogP contribution is -2.58. The van der Waals surface area contributed by atoms with E-state index in [9.17, 15) is 30.7 Å². The first kappa shape index (κ1) is 24.8. The van der Waals surface area contributed by atoms with Crippen LogP contribution in [-0.4, -0.2) is 24.4 Å². The van der Waals surface area contributed by atoms with Crippen LogP contribution in [0.15, 0.2) is 41.5 Å². The van der Waals surface area contributed by atoms with Crippen LogP contribution in [0.3, 0.4) is 0 Å². The van der Waals surface area contributed by atoms with Crippen molar-refractivity contribution in [2.75, 3.05) is 0 Å². The van der Waals surface area contributed by atoms with E-state index >= 15 is 0 Å². The van der Waals surface area contributed by atoms with Gasteiger partial charge in [0.2, 0.25) is 0 Å². The summed E-state index contributed by atoms with van der Waals surface area (Å²) in [5, 5.41) is 3.64. The van der Waals surface area contributed by atoms with Gasteiger partial charge in [0.15, 0.2) is 0 Å². The van der Waals surface area contributed by atoms with Gasteiger partial charge in [0.1, 0.15) is 12.4 Å². The summed E-state index contributed by atoms with van der Waals surface area (Å²) in [6, 6.07) is 3.38. The maximum absolute atomic E-state index is 13.1. The molecule has 0 aliphatic heterocycles. The van der Waals surface area contributed by atoms with Crippen molar-refractivity contribution in [2.24, 2.45) is 5.10 Å². The summed E-state index contributed by atoms with van der Waals surface area (Å²) >= 11 is 13.7. The molecule has 13 heteroatoms. The molecule has 0 amide bonds. The largest absolute Gasteiger partial charge is 0.488 e. The fourth-order valence-electron chi connectivity index (χ4n) is 1.94. The van der Waals surface area contributed by atoms with Gasteiger partial charge in [-0.15, -0.1) is 0 Å². The molecule has 0 atom stereocenters. The van der Waals surface area contributed by atoms with Crippen LogP contribution in [0.2, 0.25) is 10.0 Å². The maximum Gasteiger partial charge on any atom is 0.462 e. The van der Waals surface area contributed by atoms with E-state index in [-0.39, 0.29) is 12.2 Å². The molecule has 0 aliphatic rings. The van der Waals surface area contributed by atoms with Gasteiger partial charge in [0.25, 0.3) is 0 Å². The molecule has 0 fully saturated rings. The summed E-state index contributed by atoms with van der Waals surface area (Å²) < 4.78 is 94.1. The van der Waals surface area contributed by atoms with Crippen molar-refractivity contribution in [1.82, 2.24) is 5.43 Å². The van der Waals surface area contributed by atoms with Crippen molar-refractivity contribution in [3.8, 4) is 5.75 Å². The Hall–Kier alpha value is -1.47. The Balaban J connectivity index is 2.04. The van der Waals surface area contributed by atoms with E-state index in [1.807, 2.05) is 22.6 Å². The van der Waals surface area contributed by atoms with Crippen LogP contribution in [0.1, 0.15) is 11.1 Å². The number of hydrogen-bond acceptors (Lipinski definition) is 3. The molecule has 0 saturated carbocycles. The third kappa shape index (κ3) is 5.82. The number of alkyl halides is 7. The first-order chi connectivity index (χ1) is 13.7. The lowest BCUT2D eigenvalue weighted by Gasteiger charge is -2.27. The molecule has 0 radical (unpaired) electrons. The predicted molar refractivity (Wildman–Crippen MR) is 107 cm³/mol. The molecule has 30 heavy (non-hydrogen) atoms. The number of rotatable bonds is 7. The number of benzene rings is 2. The van der Waals surface area contributed by atoms with Gasteiger partial charge in [-0.3, -0.25) is 0 Å². The van der Waals surface area contributed by atoms with Crippen LogP contribution in [0.4, 0.5) is 30.7 Å². The maximum atomic E-state index is 13.1. The fraction of sp³-hybridized carbons (Fsp3) is 0.235. The van der Waals surface area contributed by atoms with Crippen LogP contribution in [0.25, 0.3) is 0 Å². The highest BCUT2D eigenvalue weighted by atomic mass is 127. The summed E-state index contributed by atoms with van der Waals surface area (Å²) in [4.78, 5) is 0. The molecule has 0 aliphatic carbocycles. The third-order valence-corrected chi connectivity index (χ3v) is 4.95. The quantitative estimate of drug-likeness (QED) is 0.126. The minimum Gasteiger partial charge on any atom is -0.488 e. The molecule has 2 aromatic carbocycles. The molecule has 0 aromatic heterocycles. The molecule has 1 N–H and O–H groups in total. The molecule has 0 heterocycles. The average molecular weight is 589 g/mol. The highest BCUT2D eigenvalue weighted by Gasteiger charge is 2.73. The minimum atomic E-state index is -6.44. The summed E-state index contributed by atoms with van der Waals surface area (Å²) in [5.74, 6) is -5.91. The second-order valence-corrected chi connectivity index (χ2v) is 7.74. The Labute approximate surface area is 189 Å². The van der Waals surface area contributed by atoms with Crippen LogP contribution in [0, 0.1) is 3.57 Å². The number of hydrogen-bond donors (Lipinski definition) is 1. The predicted octanol–water partition coefficient (Wildman–Crippen LogP) is 6.89. The third-order valence-electron chi connectivity index (χ3n) is 3.52. The van der Waals surface area contributed by atoms with E-state index in [1.54, 1.807) is 12.1 Å². The molecular weight excluding hydrogens is 579 g/mol. The normalized spacial score (nSPS) is 13.0. The molecule has 0 unspecified atom stereocenters. The summed E-state index contributed by atoms with van der Waals surface area (Å²) in [7, 11) is 0. The molecular formula is C17H10Cl2F7IN2O. The van der Waals surface area contributed by atoms with Crippen LogP contribution >= 0.6 is 45.8 Å². The van der Waals surface area contributed by atoms with E-state index in [0.29, 0.717) is 36.6 Å². The molecule has 2 aromatic rings. The molecule has 0 spiro atoms. The summed E-state index contributed by atoms with van der Waals surface area (Å²) in [6.07, 6.45) is -5.78. The molecule has 3 nitrogen and oxygen atoms in total. The number of ether oxygens (including phenoxy) is 1. The Morgan fingerprint density at radius 3 is 2.23 bits per heavy atom. The van der Waals surface area contributed by atoms with Gasteiger partial charge in [0, 0.05) is 15.6 Å².